The molecule has 4 aromatic rings. The van der Waals surface area contributed by atoms with E-state index in [4.69, 9.17) is 11.6 Å². The van der Waals surface area contributed by atoms with Gasteiger partial charge in [-0.25, -0.2) is 0 Å². The van der Waals surface area contributed by atoms with Crippen LogP contribution in [0.3, 0.4) is 0 Å². The average molecular weight is 339 g/mol. The molecule has 120 valence electrons. The molecule has 0 aliphatic heterocycles. The largest absolute Gasteiger partial charge is 0.305 e. The highest BCUT2D eigenvalue weighted by Crippen LogP contribution is 2.25. The summed E-state index contributed by atoms with van der Waals surface area (Å²) in [6, 6.07) is 9.87. The third-order valence-corrected chi connectivity index (χ3v) is 4.28. The van der Waals surface area contributed by atoms with Gasteiger partial charge in [-0.05, 0) is 44.2 Å². The number of nitrogens with zero attached hydrogens (tertiary/aromatic N) is 5. The van der Waals surface area contributed by atoms with Crippen molar-refractivity contribution in [3.05, 3.63) is 58.8 Å². The molecule has 0 aliphatic carbocycles. The summed E-state index contributed by atoms with van der Waals surface area (Å²) in [5.41, 5.74) is 3.89. The highest BCUT2D eigenvalue weighted by atomic mass is 35.5. The maximum absolute atomic E-state index is 5.91. The third kappa shape index (κ3) is 2.55. The number of hydrogen-bond acceptors (Lipinski definition) is 4. The Balaban J connectivity index is 1.77. The van der Waals surface area contributed by atoms with Crippen molar-refractivity contribution in [2.75, 3.05) is 0 Å². The van der Waals surface area contributed by atoms with E-state index in [2.05, 4.69) is 31.4 Å². The number of hydrogen-bond donors (Lipinski definition) is 1. The van der Waals surface area contributed by atoms with Gasteiger partial charge in [0.25, 0.3) is 0 Å². The van der Waals surface area contributed by atoms with E-state index < -0.39 is 0 Å². The molecule has 0 bridgehead atoms. The van der Waals surface area contributed by atoms with Crippen molar-refractivity contribution in [1.82, 2.24) is 29.9 Å². The van der Waals surface area contributed by atoms with Crippen molar-refractivity contribution >= 4 is 22.5 Å². The van der Waals surface area contributed by atoms with Crippen LogP contribution in [-0.2, 0) is 6.54 Å². The molecule has 0 unspecified atom stereocenters. The van der Waals surface area contributed by atoms with Crippen molar-refractivity contribution in [3.63, 3.8) is 0 Å². The first kappa shape index (κ1) is 14.8. The Morgan fingerprint density at radius 2 is 2.00 bits per heavy atom. The summed E-state index contributed by atoms with van der Waals surface area (Å²) < 4.78 is 2.05. The summed E-state index contributed by atoms with van der Waals surface area (Å²) in [5, 5.41) is 17.6. The lowest BCUT2D eigenvalue weighted by Gasteiger charge is -2.08. The van der Waals surface area contributed by atoms with E-state index in [-0.39, 0.29) is 0 Å². The molecule has 6 nitrogen and oxygen atoms in total. The molecular formula is C17H15ClN6. The summed E-state index contributed by atoms with van der Waals surface area (Å²) in [6.45, 7) is 4.51. The second-order valence-electron chi connectivity index (χ2n) is 5.69. The molecule has 3 aromatic heterocycles. The summed E-state index contributed by atoms with van der Waals surface area (Å²) in [6.07, 6.45) is 1.65. The van der Waals surface area contributed by atoms with Crippen molar-refractivity contribution in [2.24, 2.45) is 0 Å². The van der Waals surface area contributed by atoms with E-state index in [1.807, 2.05) is 42.7 Å². The highest BCUT2D eigenvalue weighted by molar-refractivity contribution is 6.30. The number of benzene rings is 1. The number of halogens is 1. The van der Waals surface area contributed by atoms with Gasteiger partial charge in [-0.15, -0.1) is 10.2 Å². The number of rotatable bonds is 3. The van der Waals surface area contributed by atoms with E-state index in [0.29, 0.717) is 11.6 Å². The molecule has 0 saturated heterocycles. The Labute approximate surface area is 143 Å². The Morgan fingerprint density at radius 1 is 1.12 bits per heavy atom. The van der Waals surface area contributed by atoms with Gasteiger partial charge in [0, 0.05) is 17.1 Å². The molecule has 0 spiro atoms. The second-order valence-corrected chi connectivity index (χ2v) is 6.13. The van der Waals surface area contributed by atoms with E-state index in [0.717, 1.165) is 39.5 Å². The third-order valence-electron chi connectivity index (χ3n) is 4.06. The van der Waals surface area contributed by atoms with Gasteiger partial charge in [-0.1, -0.05) is 11.6 Å². The number of H-pyrrole nitrogens is 1. The molecule has 3 heterocycles. The fourth-order valence-electron chi connectivity index (χ4n) is 2.73. The van der Waals surface area contributed by atoms with Gasteiger partial charge in [0.1, 0.15) is 5.82 Å². The number of fused-ring (bicyclic) bond motifs is 1. The van der Waals surface area contributed by atoms with Crippen LogP contribution in [0.15, 0.2) is 36.5 Å². The van der Waals surface area contributed by atoms with Gasteiger partial charge < -0.3 is 4.57 Å². The molecule has 4 rings (SSSR count). The van der Waals surface area contributed by atoms with Crippen LogP contribution < -0.4 is 0 Å². The average Bonchev–Trinajstić information content (AvgIpc) is 3.13. The minimum absolute atomic E-state index is 0.591. The number of nitrogens with one attached hydrogen (secondary N) is 1. The van der Waals surface area contributed by atoms with E-state index in [1.54, 1.807) is 6.20 Å². The maximum atomic E-state index is 5.91. The molecule has 0 aliphatic rings. The molecule has 0 atom stereocenters. The van der Waals surface area contributed by atoms with Crippen molar-refractivity contribution in [1.29, 1.82) is 0 Å². The van der Waals surface area contributed by atoms with Crippen molar-refractivity contribution < 1.29 is 0 Å². The van der Waals surface area contributed by atoms with E-state index in [9.17, 15) is 0 Å². The van der Waals surface area contributed by atoms with Crippen LogP contribution in [-0.4, -0.2) is 29.9 Å². The van der Waals surface area contributed by atoms with Gasteiger partial charge in [0.2, 0.25) is 0 Å². The lowest BCUT2D eigenvalue weighted by molar-refractivity contribution is 0.748. The number of aromatic amines is 1. The monoisotopic (exact) mass is 338 g/mol. The van der Waals surface area contributed by atoms with Crippen molar-refractivity contribution in [2.45, 2.75) is 20.4 Å². The first-order valence-electron chi connectivity index (χ1n) is 7.57. The van der Waals surface area contributed by atoms with Gasteiger partial charge in [0.15, 0.2) is 5.82 Å². The minimum atomic E-state index is 0.591. The highest BCUT2D eigenvalue weighted by Gasteiger charge is 2.13. The first-order chi connectivity index (χ1) is 11.6. The van der Waals surface area contributed by atoms with Gasteiger partial charge >= 0.3 is 0 Å². The maximum Gasteiger partial charge on any atom is 0.164 e. The topological polar surface area (TPSA) is 72.3 Å². The van der Waals surface area contributed by atoms with Crippen molar-refractivity contribution in [3.8, 4) is 11.4 Å². The predicted molar refractivity (Wildman–Crippen MR) is 92.9 cm³/mol. The predicted octanol–water partition coefficient (Wildman–Crippen LogP) is 3.53. The first-order valence-corrected chi connectivity index (χ1v) is 7.95. The molecular weight excluding hydrogens is 324 g/mol. The Hall–Kier alpha value is -2.73. The van der Waals surface area contributed by atoms with E-state index in [1.165, 1.54) is 0 Å². The fourth-order valence-corrected chi connectivity index (χ4v) is 2.84. The molecule has 1 aromatic carbocycles. The zero-order valence-electron chi connectivity index (χ0n) is 13.3. The molecule has 0 saturated carbocycles. The Kier molecular flexibility index (Phi) is 3.54. The quantitative estimate of drug-likeness (QED) is 0.620. The van der Waals surface area contributed by atoms with Crippen LogP contribution in [0, 0.1) is 13.8 Å². The normalized spacial score (nSPS) is 11.3. The molecule has 7 heteroatoms. The summed E-state index contributed by atoms with van der Waals surface area (Å²) >= 11 is 5.91. The molecule has 24 heavy (non-hydrogen) atoms. The van der Waals surface area contributed by atoms with Crippen LogP contribution >= 0.6 is 11.6 Å². The van der Waals surface area contributed by atoms with Gasteiger partial charge in [-0.3, -0.25) is 10.1 Å². The molecule has 0 fully saturated rings. The van der Waals surface area contributed by atoms with E-state index >= 15 is 0 Å². The van der Waals surface area contributed by atoms with Crippen LogP contribution in [0.1, 0.15) is 17.2 Å². The molecule has 0 amide bonds. The molecule has 1 N–H and O–H groups in total. The lowest BCUT2D eigenvalue weighted by atomic mass is 10.1. The minimum Gasteiger partial charge on any atom is -0.305 e. The number of aromatic nitrogens is 6. The zero-order chi connectivity index (χ0) is 16.7. The van der Waals surface area contributed by atoms with Crippen LogP contribution in [0.5, 0.6) is 0 Å². The van der Waals surface area contributed by atoms with Gasteiger partial charge in [-0.2, -0.15) is 5.10 Å². The number of pyridine rings is 1. The van der Waals surface area contributed by atoms with Crippen LogP contribution in [0.2, 0.25) is 5.02 Å². The standard InChI is InChI=1S/C17H15ClN6/c1-10-15-7-12(3-6-16(15)22-20-10)17-23-21-11(2)24(17)9-14-5-4-13(18)8-19-14/h3-8H,9H2,1-2H3,(H,20,22). The Morgan fingerprint density at radius 3 is 2.79 bits per heavy atom. The number of aryl methyl sites for hydroxylation is 2. The smallest absolute Gasteiger partial charge is 0.164 e. The summed E-state index contributed by atoms with van der Waals surface area (Å²) in [5.74, 6) is 1.65. The Bertz CT molecular complexity index is 1020. The lowest BCUT2D eigenvalue weighted by Crippen LogP contribution is -2.05. The summed E-state index contributed by atoms with van der Waals surface area (Å²) in [7, 11) is 0. The molecule has 0 radical (unpaired) electrons. The van der Waals surface area contributed by atoms with Crippen LogP contribution in [0.25, 0.3) is 22.3 Å². The van der Waals surface area contributed by atoms with Gasteiger partial charge in [0.05, 0.1) is 28.5 Å². The SMILES string of the molecule is Cc1n[nH]c2ccc(-c3nnc(C)n3Cc3ccc(Cl)cn3)cc12. The fraction of sp³-hybridized carbons (Fsp3) is 0.176. The second kappa shape index (κ2) is 5.72. The zero-order valence-corrected chi connectivity index (χ0v) is 14.0. The van der Waals surface area contributed by atoms with Crippen LogP contribution in [0.4, 0.5) is 0 Å². The summed E-state index contributed by atoms with van der Waals surface area (Å²) in [4.78, 5) is 4.36.